The van der Waals surface area contributed by atoms with Crippen molar-refractivity contribution < 1.29 is 9.59 Å². The summed E-state index contributed by atoms with van der Waals surface area (Å²) in [6.45, 7) is 1.75. The third-order valence-electron chi connectivity index (χ3n) is 4.30. The first-order valence-corrected chi connectivity index (χ1v) is 9.78. The molecule has 1 aromatic heterocycles. The van der Waals surface area contributed by atoms with Crippen molar-refractivity contribution in [3.63, 3.8) is 0 Å². The second-order valence-corrected chi connectivity index (χ2v) is 8.10. The number of anilines is 1. The fourth-order valence-corrected chi connectivity index (χ4v) is 3.29. The quantitative estimate of drug-likeness (QED) is 0.534. The fraction of sp³-hybridized carbons (Fsp3) is 0.444. The molecule has 1 unspecified atom stereocenters. The SMILES string of the molecule is CC(Sc1nc(NC2CC2)c2ccccc2n1)C(=O)NC(=O)NC1CC1. The monoisotopic (exact) mass is 371 g/mol. The van der Waals surface area contributed by atoms with Crippen LogP contribution < -0.4 is 16.0 Å². The molecule has 0 spiro atoms. The number of urea groups is 1. The Morgan fingerprint density at radius 1 is 1.12 bits per heavy atom. The van der Waals surface area contributed by atoms with E-state index in [0.29, 0.717) is 11.2 Å². The van der Waals surface area contributed by atoms with Gasteiger partial charge in [0.05, 0.1) is 10.8 Å². The summed E-state index contributed by atoms with van der Waals surface area (Å²) in [6, 6.07) is 8.08. The van der Waals surface area contributed by atoms with Gasteiger partial charge in [-0.05, 0) is 44.7 Å². The number of nitrogens with one attached hydrogen (secondary N) is 3. The molecular weight excluding hydrogens is 350 g/mol. The highest BCUT2D eigenvalue weighted by Crippen LogP contribution is 2.30. The number of carbonyl (C=O) groups excluding carboxylic acids is 2. The van der Waals surface area contributed by atoms with Crippen molar-refractivity contribution in [2.45, 2.75) is 55.1 Å². The van der Waals surface area contributed by atoms with Crippen LogP contribution in [0.1, 0.15) is 32.6 Å². The number of rotatable bonds is 6. The van der Waals surface area contributed by atoms with E-state index in [-0.39, 0.29) is 11.9 Å². The minimum absolute atomic E-state index is 0.214. The summed E-state index contributed by atoms with van der Waals surface area (Å²) in [5.74, 6) is 0.460. The molecule has 2 aliphatic rings. The average molecular weight is 371 g/mol. The van der Waals surface area contributed by atoms with Crippen LogP contribution in [0.15, 0.2) is 29.4 Å². The molecule has 0 saturated heterocycles. The van der Waals surface area contributed by atoms with Gasteiger partial charge in [0, 0.05) is 17.5 Å². The molecule has 0 aliphatic heterocycles. The standard InChI is InChI=1S/C18H21N5O2S/c1-10(16(24)23-17(25)20-12-8-9-12)26-18-21-14-5-3-2-4-13(14)15(22-18)19-11-6-7-11/h2-5,10-12H,6-9H2,1H3,(H,19,21,22)(H2,20,23,24,25). The van der Waals surface area contributed by atoms with E-state index < -0.39 is 11.3 Å². The summed E-state index contributed by atoms with van der Waals surface area (Å²) < 4.78 is 0. The number of imide groups is 1. The smallest absolute Gasteiger partial charge is 0.321 e. The van der Waals surface area contributed by atoms with Crippen LogP contribution in [0.25, 0.3) is 10.9 Å². The lowest BCUT2D eigenvalue weighted by Gasteiger charge is -2.13. The minimum atomic E-state index is -0.477. The van der Waals surface area contributed by atoms with Crippen molar-refractivity contribution >= 4 is 40.4 Å². The summed E-state index contributed by atoms with van der Waals surface area (Å²) in [7, 11) is 0. The Kier molecular flexibility index (Phi) is 4.67. The number of thioether (sulfide) groups is 1. The molecule has 4 rings (SSSR count). The van der Waals surface area contributed by atoms with E-state index in [1.807, 2.05) is 24.3 Å². The predicted molar refractivity (Wildman–Crippen MR) is 101 cm³/mol. The van der Waals surface area contributed by atoms with Gasteiger partial charge < -0.3 is 10.6 Å². The number of para-hydroxylation sites is 1. The van der Waals surface area contributed by atoms with Crippen LogP contribution in [0, 0.1) is 0 Å². The Morgan fingerprint density at radius 2 is 1.85 bits per heavy atom. The summed E-state index contributed by atoms with van der Waals surface area (Å²) >= 11 is 1.25. The topological polar surface area (TPSA) is 96.0 Å². The lowest BCUT2D eigenvalue weighted by Crippen LogP contribution is -2.43. The Labute approximate surface area is 155 Å². The summed E-state index contributed by atoms with van der Waals surface area (Å²) in [4.78, 5) is 33.1. The molecule has 3 N–H and O–H groups in total. The van der Waals surface area contributed by atoms with Crippen molar-refractivity contribution in [1.82, 2.24) is 20.6 Å². The van der Waals surface area contributed by atoms with Gasteiger partial charge >= 0.3 is 6.03 Å². The van der Waals surface area contributed by atoms with Crippen LogP contribution in [0.5, 0.6) is 0 Å². The van der Waals surface area contributed by atoms with Crippen LogP contribution in [0.2, 0.25) is 0 Å². The first-order chi connectivity index (χ1) is 12.6. The Bertz CT molecular complexity index is 851. The molecule has 2 fully saturated rings. The molecule has 26 heavy (non-hydrogen) atoms. The Morgan fingerprint density at radius 3 is 2.58 bits per heavy atom. The van der Waals surface area contributed by atoms with E-state index >= 15 is 0 Å². The third kappa shape index (κ3) is 4.24. The van der Waals surface area contributed by atoms with Crippen molar-refractivity contribution in [1.29, 1.82) is 0 Å². The number of carbonyl (C=O) groups is 2. The Hall–Kier alpha value is -2.35. The zero-order valence-electron chi connectivity index (χ0n) is 14.5. The Balaban J connectivity index is 1.46. The minimum Gasteiger partial charge on any atom is -0.367 e. The van der Waals surface area contributed by atoms with Crippen molar-refractivity contribution in [3.05, 3.63) is 24.3 Å². The van der Waals surface area contributed by atoms with Crippen LogP contribution >= 0.6 is 11.8 Å². The van der Waals surface area contributed by atoms with Crippen LogP contribution in [-0.4, -0.2) is 39.2 Å². The van der Waals surface area contributed by atoms with Gasteiger partial charge in [0.1, 0.15) is 5.82 Å². The largest absolute Gasteiger partial charge is 0.367 e. The maximum absolute atomic E-state index is 12.2. The predicted octanol–water partition coefficient (Wildman–Crippen LogP) is 2.67. The normalized spacial score (nSPS) is 17.6. The second-order valence-electron chi connectivity index (χ2n) is 6.79. The number of aromatic nitrogens is 2. The highest BCUT2D eigenvalue weighted by molar-refractivity contribution is 8.00. The van der Waals surface area contributed by atoms with E-state index in [4.69, 9.17) is 0 Å². The highest BCUT2D eigenvalue weighted by atomic mass is 32.2. The lowest BCUT2D eigenvalue weighted by atomic mass is 10.2. The van der Waals surface area contributed by atoms with Crippen LogP contribution in [0.4, 0.5) is 10.6 Å². The molecule has 1 heterocycles. The summed E-state index contributed by atoms with van der Waals surface area (Å²) in [5, 5.41) is 9.59. The average Bonchev–Trinajstić information content (AvgIpc) is 3.51. The molecule has 1 aromatic carbocycles. The summed E-state index contributed by atoms with van der Waals surface area (Å²) in [5.41, 5.74) is 0.840. The van der Waals surface area contributed by atoms with Gasteiger partial charge in [0.2, 0.25) is 5.91 Å². The molecular formula is C18H21N5O2S. The van der Waals surface area contributed by atoms with E-state index in [1.165, 1.54) is 11.8 Å². The fourth-order valence-electron chi connectivity index (χ4n) is 2.51. The van der Waals surface area contributed by atoms with Gasteiger partial charge in [-0.2, -0.15) is 0 Å². The zero-order valence-corrected chi connectivity index (χ0v) is 15.3. The van der Waals surface area contributed by atoms with Gasteiger partial charge in [0.15, 0.2) is 5.16 Å². The maximum atomic E-state index is 12.2. The van der Waals surface area contributed by atoms with Crippen LogP contribution in [-0.2, 0) is 4.79 Å². The van der Waals surface area contributed by atoms with Gasteiger partial charge in [-0.1, -0.05) is 23.9 Å². The number of hydrogen-bond acceptors (Lipinski definition) is 6. The number of hydrogen-bond donors (Lipinski definition) is 3. The first kappa shape index (κ1) is 17.1. The van der Waals surface area contributed by atoms with Crippen molar-refractivity contribution in [3.8, 4) is 0 Å². The zero-order chi connectivity index (χ0) is 18.1. The molecule has 1 atom stereocenters. The first-order valence-electron chi connectivity index (χ1n) is 8.90. The van der Waals surface area contributed by atoms with Crippen LogP contribution in [0.3, 0.4) is 0 Å². The second kappa shape index (κ2) is 7.11. The highest BCUT2D eigenvalue weighted by Gasteiger charge is 2.26. The van der Waals surface area contributed by atoms with E-state index in [0.717, 1.165) is 42.4 Å². The number of fused-ring (bicyclic) bond motifs is 1. The summed E-state index contributed by atoms with van der Waals surface area (Å²) in [6.07, 6.45) is 4.26. The van der Waals surface area contributed by atoms with Gasteiger partial charge in [0.25, 0.3) is 0 Å². The van der Waals surface area contributed by atoms with Crippen molar-refractivity contribution in [2.75, 3.05) is 5.32 Å². The van der Waals surface area contributed by atoms with Crippen molar-refractivity contribution in [2.24, 2.45) is 0 Å². The van der Waals surface area contributed by atoms with Gasteiger partial charge in [-0.15, -0.1) is 0 Å². The van der Waals surface area contributed by atoms with E-state index in [9.17, 15) is 9.59 Å². The molecule has 3 amide bonds. The van der Waals surface area contributed by atoms with E-state index in [1.54, 1.807) is 6.92 Å². The van der Waals surface area contributed by atoms with E-state index in [2.05, 4.69) is 25.9 Å². The molecule has 0 bridgehead atoms. The maximum Gasteiger partial charge on any atom is 0.321 e. The number of nitrogens with zero attached hydrogens (tertiary/aromatic N) is 2. The number of benzene rings is 1. The molecule has 2 saturated carbocycles. The molecule has 7 nitrogen and oxygen atoms in total. The molecule has 2 aliphatic carbocycles. The molecule has 136 valence electrons. The molecule has 2 aromatic rings. The lowest BCUT2D eigenvalue weighted by molar-refractivity contribution is -0.119. The third-order valence-corrected chi connectivity index (χ3v) is 5.26. The van der Waals surface area contributed by atoms with Gasteiger partial charge in [-0.3, -0.25) is 10.1 Å². The molecule has 0 radical (unpaired) electrons. The van der Waals surface area contributed by atoms with Gasteiger partial charge in [-0.25, -0.2) is 14.8 Å². The molecule has 8 heteroatoms. The number of amides is 3.